The molecule has 1 rings (SSSR count). The van der Waals surface area contributed by atoms with Crippen molar-refractivity contribution in [3.63, 3.8) is 0 Å². The second kappa shape index (κ2) is 7.46. The van der Waals surface area contributed by atoms with Crippen molar-refractivity contribution in [1.29, 1.82) is 0 Å². The Hall–Kier alpha value is -2.55. The Morgan fingerprint density at radius 2 is 2.05 bits per heavy atom. The summed E-state index contributed by atoms with van der Waals surface area (Å²) in [5.74, 6) is -0.720. The fourth-order valence-corrected chi connectivity index (χ4v) is 2.21. The number of carbonyl (C=O) groups excluding carboxylic acids is 1. The predicted octanol–water partition coefficient (Wildman–Crippen LogP) is 0.770. The SMILES string of the molecule is COc1cccc(C=C(C)S(=O)(=O)NC(=O)NCC(=O)O)c1. The fraction of sp³-hybridized carbons (Fsp3) is 0.231. The van der Waals surface area contributed by atoms with Crippen LogP contribution in [0.1, 0.15) is 12.5 Å². The summed E-state index contributed by atoms with van der Waals surface area (Å²) < 4.78 is 30.6. The van der Waals surface area contributed by atoms with E-state index in [1.807, 2.05) is 5.32 Å². The Labute approximate surface area is 127 Å². The minimum Gasteiger partial charge on any atom is -0.497 e. The zero-order valence-corrected chi connectivity index (χ0v) is 12.8. The number of amides is 2. The first-order valence-corrected chi connectivity index (χ1v) is 7.57. The molecule has 3 N–H and O–H groups in total. The quantitative estimate of drug-likeness (QED) is 0.709. The van der Waals surface area contributed by atoms with Crippen molar-refractivity contribution >= 4 is 28.1 Å². The van der Waals surface area contributed by atoms with E-state index in [4.69, 9.17) is 9.84 Å². The highest BCUT2D eigenvalue weighted by Crippen LogP contribution is 2.16. The molecule has 0 aromatic heterocycles. The van der Waals surface area contributed by atoms with Gasteiger partial charge < -0.3 is 15.2 Å². The van der Waals surface area contributed by atoms with Crippen LogP contribution in [0.25, 0.3) is 6.08 Å². The summed E-state index contributed by atoms with van der Waals surface area (Å²) in [5.41, 5.74) is 0.577. The number of hydrogen-bond donors (Lipinski definition) is 3. The predicted molar refractivity (Wildman–Crippen MR) is 79.7 cm³/mol. The van der Waals surface area contributed by atoms with Crippen molar-refractivity contribution in [3.8, 4) is 5.75 Å². The van der Waals surface area contributed by atoms with E-state index in [2.05, 4.69) is 0 Å². The van der Waals surface area contributed by atoms with E-state index in [1.165, 1.54) is 20.1 Å². The number of methoxy groups -OCH3 is 1. The van der Waals surface area contributed by atoms with Gasteiger partial charge in [-0.25, -0.2) is 17.9 Å². The number of urea groups is 1. The molecule has 0 aliphatic rings. The molecule has 1 aromatic carbocycles. The van der Waals surface area contributed by atoms with Crippen LogP contribution in [0.4, 0.5) is 4.79 Å². The summed E-state index contributed by atoms with van der Waals surface area (Å²) >= 11 is 0. The molecule has 120 valence electrons. The molecule has 0 heterocycles. The lowest BCUT2D eigenvalue weighted by molar-refractivity contribution is -0.135. The van der Waals surface area contributed by atoms with Crippen molar-refractivity contribution in [2.45, 2.75) is 6.92 Å². The fourth-order valence-electron chi connectivity index (χ4n) is 1.44. The molecule has 0 atom stereocenters. The Morgan fingerprint density at radius 1 is 1.36 bits per heavy atom. The van der Waals surface area contributed by atoms with Gasteiger partial charge in [0.15, 0.2) is 0 Å². The van der Waals surface area contributed by atoms with E-state index < -0.39 is 28.6 Å². The Morgan fingerprint density at radius 3 is 2.64 bits per heavy atom. The number of sulfonamides is 1. The molecule has 22 heavy (non-hydrogen) atoms. The number of nitrogens with one attached hydrogen (secondary N) is 2. The molecule has 0 saturated heterocycles. The second-order valence-corrected chi connectivity index (χ2v) is 6.07. The topological polar surface area (TPSA) is 122 Å². The Balaban J connectivity index is 2.84. The number of carbonyl (C=O) groups is 2. The molecule has 0 aliphatic carbocycles. The lowest BCUT2D eigenvalue weighted by Crippen LogP contribution is -2.41. The molecule has 0 aliphatic heterocycles. The second-order valence-electron chi connectivity index (χ2n) is 4.21. The van der Waals surface area contributed by atoms with Gasteiger partial charge in [0.2, 0.25) is 0 Å². The van der Waals surface area contributed by atoms with Crippen LogP contribution in [-0.2, 0) is 14.8 Å². The average Bonchev–Trinajstić information content (AvgIpc) is 2.44. The van der Waals surface area contributed by atoms with E-state index in [-0.39, 0.29) is 4.91 Å². The molecule has 9 heteroatoms. The van der Waals surface area contributed by atoms with Crippen molar-refractivity contribution in [2.24, 2.45) is 0 Å². The van der Waals surface area contributed by atoms with Crippen LogP contribution >= 0.6 is 0 Å². The maximum Gasteiger partial charge on any atom is 0.329 e. The van der Waals surface area contributed by atoms with Crippen molar-refractivity contribution < 1.29 is 27.9 Å². The van der Waals surface area contributed by atoms with Crippen LogP contribution in [-0.4, -0.2) is 39.2 Å². The van der Waals surface area contributed by atoms with Gasteiger partial charge >= 0.3 is 12.0 Å². The lowest BCUT2D eigenvalue weighted by atomic mass is 10.2. The Bertz CT molecular complexity index is 696. The molecule has 0 fully saturated rings. The van der Waals surface area contributed by atoms with Crippen LogP contribution in [0.3, 0.4) is 0 Å². The van der Waals surface area contributed by atoms with Gasteiger partial charge in [0.25, 0.3) is 10.0 Å². The van der Waals surface area contributed by atoms with Gasteiger partial charge in [-0.05, 0) is 30.7 Å². The highest BCUT2D eigenvalue weighted by Gasteiger charge is 2.17. The zero-order valence-electron chi connectivity index (χ0n) is 12.0. The summed E-state index contributed by atoms with van der Waals surface area (Å²) in [4.78, 5) is 21.5. The minimum absolute atomic E-state index is 0.105. The largest absolute Gasteiger partial charge is 0.497 e. The molecule has 0 unspecified atom stereocenters. The van der Waals surface area contributed by atoms with Crippen LogP contribution in [0.15, 0.2) is 29.2 Å². The zero-order chi connectivity index (χ0) is 16.8. The summed E-state index contributed by atoms with van der Waals surface area (Å²) in [6.45, 7) is 0.631. The third-order valence-corrected chi connectivity index (χ3v) is 3.93. The molecular formula is C13H16N2O6S. The normalized spacial score (nSPS) is 11.6. The molecule has 1 aromatic rings. The molecule has 2 amide bonds. The first-order valence-electron chi connectivity index (χ1n) is 6.09. The van der Waals surface area contributed by atoms with Crippen LogP contribution in [0.2, 0.25) is 0 Å². The molecular weight excluding hydrogens is 312 g/mol. The van der Waals surface area contributed by atoms with Gasteiger partial charge in [0.1, 0.15) is 12.3 Å². The summed E-state index contributed by atoms with van der Waals surface area (Å²) in [6, 6.07) is 5.59. The van der Waals surface area contributed by atoms with Crippen LogP contribution in [0.5, 0.6) is 5.75 Å². The molecule has 0 bridgehead atoms. The molecule has 0 spiro atoms. The summed E-state index contributed by atoms with van der Waals surface area (Å²) in [7, 11) is -2.57. The molecule has 8 nitrogen and oxygen atoms in total. The third kappa shape index (κ3) is 5.44. The van der Waals surface area contributed by atoms with E-state index in [1.54, 1.807) is 29.0 Å². The summed E-state index contributed by atoms with van der Waals surface area (Å²) in [5, 5.41) is 10.3. The van der Waals surface area contributed by atoms with Gasteiger partial charge in [0.05, 0.1) is 12.0 Å². The van der Waals surface area contributed by atoms with E-state index >= 15 is 0 Å². The number of ether oxygens (including phenoxy) is 1. The average molecular weight is 328 g/mol. The van der Waals surface area contributed by atoms with Crippen molar-refractivity contribution in [2.75, 3.05) is 13.7 Å². The first-order chi connectivity index (χ1) is 10.2. The smallest absolute Gasteiger partial charge is 0.329 e. The highest BCUT2D eigenvalue weighted by atomic mass is 32.2. The van der Waals surface area contributed by atoms with Gasteiger partial charge in [0, 0.05) is 0 Å². The summed E-state index contributed by atoms with van der Waals surface area (Å²) in [6.07, 6.45) is 1.36. The number of benzene rings is 1. The van der Waals surface area contributed by atoms with E-state index in [9.17, 15) is 18.0 Å². The minimum atomic E-state index is -4.06. The first kappa shape index (κ1) is 17.5. The number of carboxylic acid groups (broad SMARTS) is 1. The van der Waals surface area contributed by atoms with E-state index in [0.29, 0.717) is 11.3 Å². The van der Waals surface area contributed by atoms with Gasteiger partial charge in [-0.15, -0.1) is 0 Å². The van der Waals surface area contributed by atoms with Gasteiger partial charge in [-0.1, -0.05) is 12.1 Å². The molecule has 0 saturated carbocycles. The maximum atomic E-state index is 11.9. The van der Waals surface area contributed by atoms with Crippen molar-refractivity contribution in [3.05, 3.63) is 34.7 Å². The number of rotatable bonds is 6. The standard InChI is InChI=1S/C13H16N2O6S/c1-9(6-10-4-3-5-11(7-10)21-2)22(19,20)15-13(18)14-8-12(16)17/h3-7H,8H2,1-2H3,(H,16,17)(H2,14,15,18). The number of allylic oxidation sites excluding steroid dienone is 1. The van der Waals surface area contributed by atoms with Crippen LogP contribution < -0.4 is 14.8 Å². The van der Waals surface area contributed by atoms with Crippen molar-refractivity contribution in [1.82, 2.24) is 10.0 Å². The number of aliphatic carboxylic acids is 1. The Kier molecular flexibility index (Phi) is 5.93. The molecule has 0 radical (unpaired) electrons. The van der Waals surface area contributed by atoms with Crippen LogP contribution in [0, 0.1) is 0 Å². The van der Waals surface area contributed by atoms with Gasteiger partial charge in [-0.2, -0.15) is 0 Å². The van der Waals surface area contributed by atoms with Gasteiger partial charge in [-0.3, -0.25) is 4.79 Å². The van der Waals surface area contributed by atoms with E-state index in [0.717, 1.165) is 0 Å². The highest BCUT2D eigenvalue weighted by molar-refractivity contribution is 7.94. The number of carboxylic acids is 1. The lowest BCUT2D eigenvalue weighted by Gasteiger charge is -2.08. The maximum absolute atomic E-state index is 11.9. The monoisotopic (exact) mass is 328 g/mol. The third-order valence-electron chi connectivity index (χ3n) is 2.51. The number of hydrogen-bond acceptors (Lipinski definition) is 5.